The van der Waals surface area contributed by atoms with Crippen molar-refractivity contribution in [3.05, 3.63) is 29.3 Å². The van der Waals surface area contributed by atoms with Crippen molar-refractivity contribution in [2.45, 2.75) is 20.3 Å². The highest BCUT2D eigenvalue weighted by Gasteiger charge is 2.35. The first-order chi connectivity index (χ1) is 9.54. The van der Waals surface area contributed by atoms with Gasteiger partial charge in [-0.25, -0.2) is 0 Å². The van der Waals surface area contributed by atoms with Crippen LogP contribution in [0.3, 0.4) is 0 Å². The molecule has 1 fully saturated rings. The lowest BCUT2D eigenvalue weighted by molar-refractivity contribution is -0.126. The number of benzene rings is 1. The summed E-state index contributed by atoms with van der Waals surface area (Å²) in [6.45, 7) is 5.27. The summed E-state index contributed by atoms with van der Waals surface area (Å²) in [7, 11) is 0. The third kappa shape index (κ3) is 2.82. The highest BCUT2D eigenvalue weighted by atomic mass is 16.2. The number of nitrogens with zero attached hydrogens (tertiary/aromatic N) is 1. The van der Waals surface area contributed by atoms with Gasteiger partial charge >= 0.3 is 0 Å². The fraction of sp³-hybridized carbons (Fsp3) is 0.467. The Kier molecular flexibility index (Phi) is 4.39. The van der Waals surface area contributed by atoms with Crippen LogP contribution >= 0.6 is 0 Å². The number of carbonyl (C=O) groups excluding carboxylic acids is 2. The van der Waals surface area contributed by atoms with Crippen LogP contribution in [-0.4, -0.2) is 31.4 Å². The number of aryl methyl sites for hydroxylation is 2. The van der Waals surface area contributed by atoms with Gasteiger partial charge in [0.15, 0.2) is 0 Å². The summed E-state index contributed by atoms with van der Waals surface area (Å²) >= 11 is 0. The molecule has 1 atom stereocenters. The fourth-order valence-corrected chi connectivity index (χ4v) is 2.67. The highest BCUT2D eigenvalue weighted by Crippen LogP contribution is 2.30. The summed E-state index contributed by atoms with van der Waals surface area (Å²) < 4.78 is 0. The van der Waals surface area contributed by atoms with E-state index in [0.29, 0.717) is 19.6 Å². The van der Waals surface area contributed by atoms with Crippen LogP contribution in [0.2, 0.25) is 0 Å². The summed E-state index contributed by atoms with van der Waals surface area (Å²) in [4.78, 5) is 25.9. The molecule has 1 aromatic carbocycles. The number of anilines is 1. The largest absolute Gasteiger partial charge is 0.355 e. The maximum Gasteiger partial charge on any atom is 0.227 e. The average molecular weight is 275 g/mol. The monoisotopic (exact) mass is 275 g/mol. The van der Waals surface area contributed by atoms with Gasteiger partial charge in [-0.1, -0.05) is 18.2 Å². The maximum absolute atomic E-state index is 12.2. The molecule has 108 valence electrons. The van der Waals surface area contributed by atoms with E-state index in [1.54, 1.807) is 4.90 Å². The second-order valence-corrected chi connectivity index (χ2v) is 5.23. The highest BCUT2D eigenvalue weighted by molar-refractivity contribution is 6.01. The van der Waals surface area contributed by atoms with Gasteiger partial charge in [-0.15, -0.1) is 0 Å². The zero-order valence-electron chi connectivity index (χ0n) is 12.0. The molecule has 0 bridgehead atoms. The molecule has 1 aliphatic rings. The molecule has 3 N–H and O–H groups in total. The minimum atomic E-state index is -0.284. The molecule has 1 saturated heterocycles. The summed E-state index contributed by atoms with van der Waals surface area (Å²) in [6, 6.07) is 5.94. The quantitative estimate of drug-likeness (QED) is 0.850. The van der Waals surface area contributed by atoms with Crippen LogP contribution in [0.4, 0.5) is 5.69 Å². The molecule has 20 heavy (non-hydrogen) atoms. The smallest absolute Gasteiger partial charge is 0.227 e. The SMILES string of the molecule is Cc1cccc(C)c1N1CC(C(=O)NCCN)CC1=O. The molecule has 1 heterocycles. The molecule has 5 heteroatoms. The lowest BCUT2D eigenvalue weighted by Gasteiger charge is -2.21. The molecule has 1 aromatic rings. The minimum Gasteiger partial charge on any atom is -0.355 e. The molecular weight excluding hydrogens is 254 g/mol. The van der Waals surface area contributed by atoms with E-state index in [1.165, 1.54) is 0 Å². The summed E-state index contributed by atoms with van der Waals surface area (Å²) in [5, 5.41) is 2.75. The Hall–Kier alpha value is -1.88. The Balaban J connectivity index is 2.15. The van der Waals surface area contributed by atoms with Gasteiger partial charge in [0.2, 0.25) is 11.8 Å². The lowest BCUT2D eigenvalue weighted by atomic mass is 10.1. The van der Waals surface area contributed by atoms with E-state index in [0.717, 1.165) is 16.8 Å². The van der Waals surface area contributed by atoms with Crippen LogP contribution in [0.25, 0.3) is 0 Å². The summed E-state index contributed by atoms with van der Waals surface area (Å²) in [5.41, 5.74) is 8.42. The Labute approximate surface area is 119 Å². The van der Waals surface area contributed by atoms with Crippen molar-refractivity contribution in [1.29, 1.82) is 0 Å². The average Bonchev–Trinajstić information content (AvgIpc) is 2.78. The third-order valence-electron chi connectivity index (χ3n) is 3.65. The minimum absolute atomic E-state index is 0.00954. The molecule has 1 unspecified atom stereocenters. The predicted molar refractivity (Wildman–Crippen MR) is 78.4 cm³/mol. The van der Waals surface area contributed by atoms with Gasteiger partial charge in [0.05, 0.1) is 5.92 Å². The standard InChI is InChI=1S/C15H21N3O2/c1-10-4-3-5-11(2)14(10)18-9-12(8-13(18)19)15(20)17-7-6-16/h3-5,12H,6-9,16H2,1-2H3,(H,17,20). The van der Waals surface area contributed by atoms with E-state index < -0.39 is 0 Å². The van der Waals surface area contributed by atoms with Gasteiger partial charge in [-0.3, -0.25) is 9.59 Å². The number of hydrogen-bond acceptors (Lipinski definition) is 3. The Morgan fingerprint density at radius 3 is 2.65 bits per heavy atom. The molecule has 2 rings (SSSR count). The zero-order valence-corrected chi connectivity index (χ0v) is 12.0. The number of amides is 2. The van der Waals surface area contributed by atoms with Gasteiger partial charge in [-0.2, -0.15) is 0 Å². The van der Waals surface area contributed by atoms with E-state index in [4.69, 9.17) is 5.73 Å². The van der Waals surface area contributed by atoms with Crippen LogP contribution in [-0.2, 0) is 9.59 Å². The molecule has 2 amide bonds. The number of rotatable bonds is 4. The number of nitrogens with one attached hydrogen (secondary N) is 1. The number of nitrogens with two attached hydrogens (primary N) is 1. The first-order valence-corrected chi connectivity index (χ1v) is 6.89. The Bertz CT molecular complexity index is 508. The number of carbonyl (C=O) groups is 2. The van der Waals surface area contributed by atoms with E-state index in [1.807, 2.05) is 32.0 Å². The molecule has 0 aliphatic carbocycles. The van der Waals surface area contributed by atoms with Crippen molar-refractivity contribution >= 4 is 17.5 Å². The van der Waals surface area contributed by atoms with Crippen molar-refractivity contribution in [2.75, 3.05) is 24.5 Å². The topological polar surface area (TPSA) is 75.4 Å². The van der Waals surface area contributed by atoms with Crippen LogP contribution in [0.1, 0.15) is 17.5 Å². The van der Waals surface area contributed by atoms with Crippen molar-refractivity contribution in [2.24, 2.45) is 11.7 Å². The van der Waals surface area contributed by atoms with Crippen molar-refractivity contribution in [3.8, 4) is 0 Å². The van der Waals surface area contributed by atoms with E-state index in [9.17, 15) is 9.59 Å². The molecule has 0 saturated carbocycles. The summed E-state index contributed by atoms with van der Waals surface area (Å²) in [6.07, 6.45) is 0.268. The maximum atomic E-state index is 12.2. The normalized spacial score (nSPS) is 18.4. The van der Waals surface area contributed by atoms with Crippen LogP contribution in [0.5, 0.6) is 0 Å². The van der Waals surface area contributed by atoms with Crippen molar-refractivity contribution < 1.29 is 9.59 Å². The molecular formula is C15H21N3O2. The second kappa shape index (κ2) is 6.05. The first kappa shape index (κ1) is 14.5. The molecule has 0 aromatic heterocycles. The fourth-order valence-electron chi connectivity index (χ4n) is 2.67. The van der Waals surface area contributed by atoms with Gasteiger partial charge < -0.3 is 16.0 Å². The Morgan fingerprint density at radius 2 is 2.05 bits per heavy atom. The van der Waals surface area contributed by atoms with E-state index >= 15 is 0 Å². The van der Waals surface area contributed by atoms with Crippen LogP contribution in [0.15, 0.2) is 18.2 Å². The third-order valence-corrected chi connectivity index (χ3v) is 3.65. The molecule has 0 spiro atoms. The second-order valence-electron chi connectivity index (χ2n) is 5.23. The van der Waals surface area contributed by atoms with Gasteiger partial charge in [0.1, 0.15) is 0 Å². The van der Waals surface area contributed by atoms with Crippen LogP contribution < -0.4 is 16.0 Å². The van der Waals surface area contributed by atoms with E-state index in [-0.39, 0.29) is 24.2 Å². The van der Waals surface area contributed by atoms with Crippen LogP contribution in [0, 0.1) is 19.8 Å². The molecule has 1 aliphatic heterocycles. The van der Waals surface area contributed by atoms with Gasteiger partial charge in [0.25, 0.3) is 0 Å². The first-order valence-electron chi connectivity index (χ1n) is 6.89. The zero-order chi connectivity index (χ0) is 14.7. The Morgan fingerprint density at radius 1 is 1.40 bits per heavy atom. The number of para-hydroxylation sites is 1. The molecule has 5 nitrogen and oxygen atoms in total. The summed E-state index contributed by atoms with van der Waals surface area (Å²) in [5.74, 6) is -0.360. The molecule has 0 radical (unpaired) electrons. The van der Waals surface area contributed by atoms with E-state index in [2.05, 4.69) is 5.32 Å². The predicted octanol–water partition coefficient (Wildman–Crippen LogP) is 0.731. The van der Waals surface area contributed by atoms with Crippen molar-refractivity contribution in [1.82, 2.24) is 5.32 Å². The van der Waals surface area contributed by atoms with Gasteiger partial charge in [0, 0.05) is 31.7 Å². The number of hydrogen-bond donors (Lipinski definition) is 2. The van der Waals surface area contributed by atoms with Crippen molar-refractivity contribution in [3.63, 3.8) is 0 Å². The van der Waals surface area contributed by atoms with Gasteiger partial charge in [-0.05, 0) is 25.0 Å². The lowest BCUT2D eigenvalue weighted by Crippen LogP contribution is -2.35.